The molecule has 0 spiro atoms. The summed E-state index contributed by atoms with van der Waals surface area (Å²) in [6.07, 6.45) is 2.04. The molecule has 0 radical (unpaired) electrons. The molecule has 0 saturated carbocycles. The molecule has 10 heteroatoms. The van der Waals surface area contributed by atoms with Crippen molar-refractivity contribution < 1.29 is 34.1 Å². The van der Waals surface area contributed by atoms with E-state index in [0.717, 1.165) is 18.4 Å². The minimum atomic E-state index is -1.40. The average Bonchev–Trinajstić information content (AvgIpc) is 2.76. The Hall–Kier alpha value is -3.74. The van der Waals surface area contributed by atoms with Crippen LogP contribution in [0.15, 0.2) is 18.2 Å². The summed E-state index contributed by atoms with van der Waals surface area (Å²) in [5, 5.41) is 26.6. The van der Waals surface area contributed by atoms with Gasteiger partial charge in [-0.25, -0.2) is 9.59 Å². The van der Waals surface area contributed by atoms with E-state index >= 15 is 0 Å². The summed E-state index contributed by atoms with van der Waals surface area (Å²) in [5.74, 6) is 1.38. The molecule has 0 aliphatic carbocycles. The first-order valence-corrected chi connectivity index (χ1v) is 11.9. The minimum Gasteiger partial charge on any atom is -0.506 e. The van der Waals surface area contributed by atoms with Gasteiger partial charge in [-0.2, -0.15) is 0 Å². The normalized spacial score (nSPS) is 12.4. The molecular weight excluding hydrogens is 466 g/mol. The molecule has 1 aromatic rings. The number of amides is 3. The lowest BCUT2D eigenvalue weighted by Gasteiger charge is -2.25. The van der Waals surface area contributed by atoms with Gasteiger partial charge in [0.2, 0.25) is 5.91 Å². The van der Waals surface area contributed by atoms with Crippen LogP contribution in [0.2, 0.25) is 0 Å². The number of phenols is 1. The highest BCUT2D eigenvalue weighted by molar-refractivity contribution is 6.00. The molecule has 36 heavy (non-hydrogen) atoms. The third kappa shape index (κ3) is 13.2. The fourth-order valence-corrected chi connectivity index (χ4v) is 3.23. The highest BCUT2D eigenvalue weighted by Crippen LogP contribution is 2.26. The van der Waals surface area contributed by atoms with Crippen molar-refractivity contribution in [3.8, 4) is 17.6 Å². The van der Waals surface area contributed by atoms with Gasteiger partial charge in [-0.05, 0) is 63.6 Å². The predicted molar refractivity (Wildman–Crippen MR) is 135 cm³/mol. The second-order valence-electron chi connectivity index (χ2n) is 9.61. The number of carbonyl (C=O) groups excluding carboxylic acids is 3. The van der Waals surface area contributed by atoms with Crippen LogP contribution in [0.1, 0.15) is 65.9 Å². The van der Waals surface area contributed by atoms with Crippen molar-refractivity contribution in [2.45, 2.75) is 78.4 Å². The summed E-state index contributed by atoms with van der Waals surface area (Å²) in [7, 11) is 0. The average molecular weight is 504 g/mol. The Kier molecular flexibility index (Phi) is 12.3. The fraction of sp³-hybridized carbons (Fsp3) is 0.538. The van der Waals surface area contributed by atoms with E-state index in [9.17, 15) is 24.3 Å². The van der Waals surface area contributed by atoms with E-state index < -0.39 is 23.6 Å². The fourth-order valence-electron chi connectivity index (χ4n) is 3.23. The molecule has 1 aromatic carbocycles. The number of nitrogens with one attached hydrogen (secondary N) is 3. The number of carboxylic acid groups (broad SMARTS) is 1. The molecule has 0 aliphatic rings. The number of rotatable bonds is 11. The maximum absolute atomic E-state index is 12.3. The van der Waals surface area contributed by atoms with Gasteiger partial charge in [-0.1, -0.05) is 26.3 Å². The quantitative estimate of drug-likeness (QED) is 0.176. The maximum atomic E-state index is 12.3. The summed E-state index contributed by atoms with van der Waals surface area (Å²) < 4.78 is 5.40. The monoisotopic (exact) mass is 503 g/mol. The van der Waals surface area contributed by atoms with Crippen molar-refractivity contribution in [1.82, 2.24) is 10.6 Å². The molecular formula is C26H37N3O7. The minimum absolute atomic E-state index is 0.0626. The highest BCUT2D eigenvalue weighted by Gasteiger charge is 2.21. The van der Waals surface area contributed by atoms with E-state index in [2.05, 4.69) is 29.8 Å². The van der Waals surface area contributed by atoms with E-state index in [1.165, 1.54) is 6.07 Å². The Morgan fingerprint density at radius 3 is 2.44 bits per heavy atom. The van der Waals surface area contributed by atoms with Crippen LogP contribution >= 0.6 is 0 Å². The lowest BCUT2D eigenvalue weighted by molar-refractivity contribution is -0.130. The van der Waals surface area contributed by atoms with Crippen molar-refractivity contribution in [1.29, 1.82) is 0 Å². The Labute approximate surface area is 212 Å². The van der Waals surface area contributed by atoms with Crippen LogP contribution in [-0.2, 0) is 25.5 Å². The lowest BCUT2D eigenvalue weighted by Crippen LogP contribution is -2.41. The predicted octanol–water partition coefficient (Wildman–Crippen LogP) is 3.19. The van der Waals surface area contributed by atoms with E-state index in [0.29, 0.717) is 18.8 Å². The van der Waals surface area contributed by atoms with Crippen molar-refractivity contribution in [2.24, 2.45) is 5.92 Å². The van der Waals surface area contributed by atoms with Gasteiger partial charge in [0.15, 0.2) is 0 Å². The van der Waals surface area contributed by atoms with Crippen molar-refractivity contribution >= 4 is 29.6 Å². The number of alkyl carbamates (subject to hydrolysis) is 1. The molecule has 0 fully saturated rings. The third-order valence-corrected chi connectivity index (χ3v) is 5.07. The van der Waals surface area contributed by atoms with Crippen molar-refractivity contribution in [2.75, 3.05) is 11.9 Å². The number of aromatic hydroxyl groups is 1. The second kappa shape index (κ2) is 14.6. The molecule has 3 amide bonds. The van der Waals surface area contributed by atoms with E-state index in [-0.39, 0.29) is 36.4 Å². The zero-order chi connectivity index (χ0) is 27.3. The Bertz CT molecular complexity index is 989. The smallest absolute Gasteiger partial charge is 0.407 e. The highest BCUT2D eigenvalue weighted by atomic mass is 16.6. The number of phenolic OH excluding ortho intramolecular Hbond substituents is 1. The van der Waals surface area contributed by atoms with Gasteiger partial charge in [0.25, 0.3) is 5.91 Å². The summed E-state index contributed by atoms with van der Waals surface area (Å²) >= 11 is 0. The molecule has 0 aliphatic heterocycles. The summed E-state index contributed by atoms with van der Waals surface area (Å²) in [6, 6.07) is 4.69. The van der Waals surface area contributed by atoms with Crippen LogP contribution in [0.25, 0.3) is 0 Å². The molecule has 0 saturated heterocycles. The maximum Gasteiger partial charge on any atom is 0.407 e. The first-order valence-electron chi connectivity index (χ1n) is 11.9. The summed E-state index contributed by atoms with van der Waals surface area (Å²) in [6.45, 7) is 9.72. The zero-order valence-electron chi connectivity index (χ0n) is 21.6. The number of anilines is 1. The Morgan fingerprint density at radius 1 is 1.14 bits per heavy atom. The number of hydrogen-bond donors (Lipinski definition) is 5. The van der Waals surface area contributed by atoms with Crippen molar-refractivity contribution in [3.05, 3.63) is 23.8 Å². The largest absolute Gasteiger partial charge is 0.506 e. The topological polar surface area (TPSA) is 154 Å². The van der Waals surface area contributed by atoms with Crippen LogP contribution in [0.3, 0.4) is 0 Å². The Balaban J connectivity index is 2.74. The van der Waals surface area contributed by atoms with E-state index in [4.69, 9.17) is 9.84 Å². The van der Waals surface area contributed by atoms with Crippen molar-refractivity contribution in [3.63, 3.8) is 0 Å². The Morgan fingerprint density at radius 2 is 1.83 bits per heavy atom. The first-order chi connectivity index (χ1) is 16.8. The number of carboxylic acids is 1. The number of hydrogen-bond acceptors (Lipinski definition) is 6. The summed E-state index contributed by atoms with van der Waals surface area (Å²) in [4.78, 5) is 46.3. The third-order valence-electron chi connectivity index (χ3n) is 5.07. The SMILES string of the molecule is CCC(C)C[C@H](Cc1ccc(O)c(NC(=O)CCCNC(=O)C#CC(=O)O)c1)NC(=O)OC(C)(C)C. The molecule has 5 N–H and O–H groups in total. The number of benzene rings is 1. The number of aliphatic carboxylic acids is 1. The summed E-state index contributed by atoms with van der Waals surface area (Å²) in [5.41, 5.74) is 0.445. The second-order valence-corrected chi connectivity index (χ2v) is 9.61. The van der Waals surface area contributed by atoms with Crippen LogP contribution in [0.5, 0.6) is 5.75 Å². The van der Waals surface area contributed by atoms with Crippen LogP contribution in [0.4, 0.5) is 10.5 Å². The first kappa shape index (κ1) is 30.3. The van der Waals surface area contributed by atoms with Gasteiger partial charge < -0.3 is 30.9 Å². The van der Waals surface area contributed by atoms with Gasteiger partial charge >= 0.3 is 12.1 Å². The van der Waals surface area contributed by atoms with Crippen LogP contribution in [0, 0.1) is 17.8 Å². The van der Waals surface area contributed by atoms with Gasteiger partial charge in [-0.3, -0.25) is 9.59 Å². The van der Waals surface area contributed by atoms with Crippen LogP contribution in [-0.4, -0.2) is 52.3 Å². The van der Waals surface area contributed by atoms with E-state index in [1.54, 1.807) is 38.8 Å². The molecule has 1 rings (SSSR count). The molecule has 1 unspecified atom stereocenters. The van der Waals surface area contributed by atoms with Crippen LogP contribution < -0.4 is 16.0 Å². The van der Waals surface area contributed by atoms with Gasteiger partial charge in [0, 0.05) is 30.8 Å². The number of ether oxygens (including phenoxy) is 1. The standard InChI is InChI=1S/C26H37N3O7/c1-6-17(2)14-19(28-25(35)36-26(3,4)5)15-18-9-10-21(30)20(16-18)29-23(32)8-7-13-27-22(31)11-12-24(33)34/h9-10,16-17,19,30H,6-8,13-15H2,1-5H3,(H,27,31)(H,28,35)(H,29,32)(H,33,34)/t17?,19-/m1/s1. The van der Waals surface area contributed by atoms with Gasteiger partial charge in [0.05, 0.1) is 5.69 Å². The number of carbonyl (C=O) groups is 4. The lowest BCUT2D eigenvalue weighted by atomic mass is 9.94. The van der Waals surface area contributed by atoms with Gasteiger partial charge in [-0.15, -0.1) is 0 Å². The van der Waals surface area contributed by atoms with Gasteiger partial charge in [0.1, 0.15) is 11.4 Å². The molecule has 0 bridgehead atoms. The molecule has 10 nitrogen and oxygen atoms in total. The molecule has 198 valence electrons. The molecule has 2 atom stereocenters. The van der Waals surface area contributed by atoms with E-state index in [1.807, 2.05) is 5.92 Å². The molecule has 0 heterocycles. The molecule has 0 aromatic heterocycles. The zero-order valence-corrected chi connectivity index (χ0v) is 21.6.